The van der Waals surface area contributed by atoms with E-state index < -0.39 is 0 Å². The van der Waals surface area contributed by atoms with Crippen LogP contribution in [0.3, 0.4) is 0 Å². The number of H-pyrrole nitrogens is 1. The van der Waals surface area contributed by atoms with Gasteiger partial charge in [-0.25, -0.2) is 9.97 Å². The van der Waals surface area contributed by atoms with Crippen LogP contribution in [0.2, 0.25) is 0 Å². The van der Waals surface area contributed by atoms with E-state index in [9.17, 15) is 4.79 Å². The van der Waals surface area contributed by atoms with E-state index in [4.69, 9.17) is 4.74 Å². The number of imidazole rings is 2. The van der Waals surface area contributed by atoms with E-state index in [1.807, 2.05) is 44.6 Å². The first-order valence-electron chi connectivity index (χ1n) is 15.9. The Morgan fingerprint density at radius 1 is 0.814 bits per heavy atom. The molecule has 0 radical (unpaired) electrons. The Labute approximate surface area is 259 Å². The van der Waals surface area contributed by atoms with Crippen LogP contribution >= 0.6 is 0 Å². The van der Waals surface area contributed by atoms with E-state index in [-0.39, 0.29) is 5.97 Å². The summed E-state index contributed by atoms with van der Waals surface area (Å²) < 4.78 is 7.45. The fourth-order valence-corrected chi connectivity index (χ4v) is 5.21. The van der Waals surface area contributed by atoms with Gasteiger partial charge in [-0.3, -0.25) is 19.5 Å². The molecular weight excluding hydrogens is 540 g/mol. The zero-order valence-electron chi connectivity index (χ0n) is 27.2. The Hall–Kier alpha value is -3.05. The number of carbonyl (C=O) groups excluding carboxylic acids is 1. The fraction of sp³-hybridized carbons (Fsp3) is 0.606. The predicted octanol–water partition coefficient (Wildman–Crippen LogP) is 4.50. The van der Waals surface area contributed by atoms with Gasteiger partial charge >= 0.3 is 5.97 Å². The molecule has 2 heterocycles. The number of aromatic amines is 1. The quantitative estimate of drug-likeness (QED) is 0.103. The first-order valence-corrected chi connectivity index (χ1v) is 15.9. The lowest BCUT2D eigenvalue weighted by atomic mass is 10.1. The standard InChI is InChI=1S/C33H54N8O2/c1-6-18-39(19-7-2)20-8-9-21-40(22-14-33(42)43-28-37(3)4)24-29-10-12-30(13-11-29)25-41(26-31-34-15-16-35-31)27-32-36-17-23-38(32)5/h10-13,15-17,23H,6-9,14,18-22,24-28H2,1-5H3,(H,34,35). The van der Waals surface area contributed by atoms with E-state index in [1.54, 1.807) is 6.20 Å². The van der Waals surface area contributed by atoms with Gasteiger partial charge in [0.05, 0.1) is 19.5 Å². The molecule has 0 aliphatic heterocycles. The highest BCUT2D eigenvalue weighted by Gasteiger charge is 2.14. The van der Waals surface area contributed by atoms with Gasteiger partial charge in [0, 0.05) is 51.5 Å². The number of aromatic nitrogens is 4. The molecule has 238 valence electrons. The molecule has 0 saturated heterocycles. The molecule has 43 heavy (non-hydrogen) atoms. The summed E-state index contributed by atoms with van der Waals surface area (Å²) in [4.78, 5) is 33.7. The topological polar surface area (TPSA) is 85.8 Å². The fourth-order valence-electron chi connectivity index (χ4n) is 5.21. The molecule has 1 aromatic carbocycles. The normalized spacial score (nSPS) is 11.8. The Morgan fingerprint density at radius 3 is 2.02 bits per heavy atom. The molecule has 0 saturated carbocycles. The zero-order valence-corrected chi connectivity index (χ0v) is 27.2. The first kappa shape index (κ1) is 34.4. The van der Waals surface area contributed by atoms with Gasteiger partial charge in [-0.15, -0.1) is 0 Å². The molecule has 0 aliphatic carbocycles. The monoisotopic (exact) mass is 594 g/mol. The minimum Gasteiger partial charge on any atom is -0.449 e. The molecule has 0 unspecified atom stereocenters. The second kappa shape index (κ2) is 19.3. The highest BCUT2D eigenvalue weighted by molar-refractivity contribution is 5.69. The number of carbonyl (C=O) groups is 1. The maximum absolute atomic E-state index is 12.4. The van der Waals surface area contributed by atoms with E-state index in [2.05, 4.69) is 72.3 Å². The maximum Gasteiger partial charge on any atom is 0.308 e. The van der Waals surface area contributed by atoms with Crippen molar-refractivity contribution in [3.8, 4) is 0 Å². The number of benzene rings is 1. The Kier molecular flexibility index (Phi) is 15.4. The number of hydrogen-bond donors (Lipinski definition) is 1. The second-order valence-electron chi connectivity index (χ2n) is 11.8. The lowest BCUT2D eigenvalue weighted by Crippen LogP contribution is -2.30. The summed E-state index contributed by atoms with van der Waals surface area (Å²) in [7, 11) is 5.83. The summed E-state index contributed by atoms with van der Waals surface area (Å²) in [5, 5.41) is 0. The van der Waals surface area contributed by atoms with Crippen LogP contribution in [0.15, 0.2) is 49.1 Å². The van der Waals surface area contributed by atoms with Crippen LogP contribution in [0.1, 0.15) is 68.7 Å². The number of unbranched alkanes of at least 4 members (excludes halogenated alkanes) is 1. The molecule has 0 atom stereocenters. The molecule has 0 amide bonds. The van der Waals surface area contributed by atoms with Gasteiger partial charge in [-0.2, -0.15) is 0 Å². The number of esters is 1. The van der Waals surface area contributed by atoms with E-state index in [0.717, 1.165) is 50.8 Å². The van der Waals surface area contributed by atoms with Crippen LogP contribution in [0.4, 0.5) is 0 Å². The predicted molar refractivity (Wildman–Crippen MR) is 172 cm³/mol. The maximum atomic E-state index is 12.4. The van der Waals surface area contributed by atoms with Gasteiger partial charge in [0.2, 0.25) is 0 Å². The largest absolute Gasteiger partial charge is 0.449 e. The van der Waals surface area contributed by atoms with Crippen molar-refractivity contribution in [1.82, 2.24) is 39.1 Å². The number of nitrogens with one attached hydrogen (secondary N) is 1. The molecule has 0 fully saturated rings. The van der Waals surface area contributed by atoms with Crippen molar-refractivity contribution in [2.75, 3.05) is 53.5 Å². The Bertz CT molecular complexity index is 1140. The summed E-state index contributed by atoms with van der Waals surface area (Å²) >= 11 is 0. The summed E-state index contributed by atoms with van der Waals surface area (Å²) in [6, 6.07) is 8.89. The lowest BCUT2D eigenvalue weighted by molar-refractivity contribution is -0.147. The van der Waals surface area contributed by atoms with Crippen molar-refractivity contribution < 1.29 is 9.53 Å². The number of hydrogen-bond acceptors (Lipinski definition) is 8. The van der Waals surface area contributed by atoms with Gasteiger partial charge in [-0.1, -0.05) is 38.1 Å². The average Bonchev–Trinajstić information content (AvgIpc) is 3.65. The molecule has 10 heteroatoms. The first-order chi connectivity index (χ1) is 20.9. The third-order valence-corrected chi connectivity index (χ3v) is 7.44. The van der Waals surface area contributed by atoms with Crippen molar-refractivity contribution in [2.24, 2.45) is 7.05 Å². The molecule has 3 rings (SSSR count). The molecule has 0 bridgehead atoms. The van der Waals surface area contributed by atoms with Crippen LogP contribution < -0.4 is 0 Å². The van der Waals surface area contributed by atoms with Crippen LogP contribution in [0.25, 0.3) is 0 Å². The molecule has 1 N–H and O–H groups in total. The summed E-state index contributed by atoms with van der Waals surface area (Å²) in [5.74, 6) is 1.82. The van der Waals surface area contributed by atoms with Crippen LogP contribution in [0.5, 0.6) is 0 Å². The third kappa shape index (κ3) is 13.4. The molecule has 0 aliphatic rings. The third-order valence-electron chi connectivity index (χ3n) is 7.44. The van der Waals surface area contributed by atoms with Crippen molar-refractivity contribution in [1.29, 1.82) is 0 Å². The van der Waals surface area contributed by atoms with Crippen molar-refractivity contribution in [3.05, 3.63) is 71.8 Å². The lowest BCUT2D eigenvalue weighted by Gasteiger charge is -2.25. The Morgan fingerprint density at radius 2 is 1.47 bits per heavy atom. The van der Waals surface area contributed by atoms with Gasteiger partial charge < -0.3 is 19.2 Å². The highest BCUT2D eigenvalue weighted by atomic mass is 16.5. The van der Waals surface area contributed by atoms with Crippen LogP contribution in [-0.2, 0) is 42.8 Å². The molecule has 10 nitrogen and oxygen atoms in total. The average molecular weight is 595 g/mol. The van der Waals surface area contributed by atoms with E-state index >= 15 is 0 Å². The SMILES string of the molecule is CCCN(CCC)CCCCN(CCC(=O)OCN(C)C)Cc1ccc(CN(Cc2ncc[nH]2)Cc2nccn2C)cc1. The molecule has 0 spiro atoms. The van der Waals surface area contributed by atoms with Crippen LogP contribution in [-0.4, -0.2) is 98.6 Å². The van der Waals surface area contributed by atoms with Gasteiger partial charge in [0.15, 0.2) is 0 Å². The minimum atomic E-state index is -0.143. The second-order valence-corrected chi connectivity index (χ2v) is 11.8. The summed E-state index contributed by atoms with van der Waals surface area (Å²) in [6.45, 7) is 13.0. The number of nitrogens with zero attached hydrogens (tertiary/aromatic N) is 7. The summed E-state index contributed by atoms with van der Waals surface area (Å²) in [6.07, 6.45) is 12.6. The number of ether oxygens (including phenoxy) is 1. The van der Waals surface area contributed by atoms with E-state index in [1.165, 1.54) is 43.5 Å². The highest BCUT2D eigenvalue weighted by Crippen LogP contribution is 2.15. The zero-order chi connectivity index (χ0) is 30.9. The van der Waals surface area contributed by atoms with Crippen LogP contribution in [0, 0.1) is 0 Å². The molecule has 2 aromatic heterocycles. The molecular formula is C33H54N8O2. The van der Waals surface area contributed by atoms with Gasteiger partial charge in [-0.05, 0) is 77.1 Å². The van der Waals surface area contributed by atoms with Gasteiger partial charge in [0.25, 0.3) is 0 Å². The van der Waals surface area contributed by atoms with E-state index in [0.29, 0.717) is 26.2 Å². The van der Waals surface area contributed by atoms with Crippen molar-refractivity contribution in [2.45, 2.75) is 72.1 Å². The van der Waals surface area contributed by atoms with Gasteiger partial charge in [0.1, 0.15) is 18.4 Å². The number of aryl methyl sites for hydroxylation is 1. The smallest absolute Gasteiger partial charge is 0.308 e. The van der Waals surface area contributed by atoms with Crippen molar-refractivity contribution >= 4 is 5.97 Å². The summed E-state index contributed by atoms with van der Waals surface area (Å²) in [5.41, 5.74) is 2.50. The van der Waals surface area contributed by atoms with Crippen molar-refractivity contribution in [3.63, 3.8) is 0 Å². The Balaban J connectivity index is 1.59. The number of rotatable bonds is 22. The minimum absolute atomic E-state index is 0.143. The molecule has 3 aromatic rings.